The van der Waals surface area contributed by atoms with Crippen molar-refractivity contribution in [3.63, 3.8) is 0 Å². The van der Waals surface area contributed by atoms with Crippen LogP contribution in [-0.4, -0.2) is 35.0 Å². The summed E-state index contributed by atoms with van der Waals surface area (Å²) in [7, 11) is 0. The van der Waals surface area contributed by atoms with Crippen molar-refractivity contribution < 1.29 is 23.5 Å². The Bertz CT molecular complexity index is 1020. The molecule has 156 valence electrons. The number of carbonyl (C=O) groups excluding carboxylic acids is 2. The van der Waals surface area contributed by atoms with E-state index in [0.717, 1.165) is 0 Å². The maximum absolute atomic E-state index is 13.8. The normalized spacial score (nSPS) is 10.6. The van der Waals surface area contributed by atoms with Crippen molar-refractivity contribution >= 4 is 11.8 Å². The van der Waals surface area contributed by atoms with E-state index in [9.17, 15) is 19.1 Å². The van der Waals surface area contributed by atoms with Gasteiger partial charge in [0.15, 0.2) is 11.7 Å². The second kappa shape index (κ2) is 10.2. The van der Waals surface area contributed by atoms with Crippen LogP contribution >= 0.6 is 0 Å². The van der Waals surface area contributed by atoms with Gasteiger partial charge in [0.05, 0.1) is 11.8 Å². The summed E-state index contributed by atoms with van der Waals surface area (Å²) in [6, 6.07) is 12.3. The molecule has 0 aliphatic rings. The number of phenolic OH excluding ortho intramolecular Hbond substituents is 1. The molecule has 3 rings (SSSR count). The minimum absolute atomic E-state index is 0.0296. The van der Waals surface area contributed by atoms with E-state index in [0.29, 0.717) is 48.7 Å². The Morgan fingerprint density at radius 3 is 2.67 bits per heavy atom. The predicted molar refractivity (Wildman–Crippen MR) is 108 cm³/mol. The van der Waals surface area contributed by atoms with E-state index in [-0.39, 0.29) is 24.0 Å². The maximum atomic E-state index is 13.8. The number of hydrogen-bond acceptors (Lipinski definition) is 5. The number of aryl methyl sites for hydroxylation is 1. The van der Waals surface area contributed by atoms with Crippen molar-refractivity contribution in [1.29, 1.82) is 0 Å². The SMILES string of the molecule is O=C(CCc1ncc(-c2ccccc2F)o1)NCCCNC(=O)c1cccc(O)c1. The smallest absolute Gasteiger partial charge is 0.251 e. The molecule has 8 heteroatoms. The molecule has 3 aromatic rings. The van der Waals surface area contributed by atoms with Crippen LogP contribution in [0.1, 0.15) is 29.1 Å². The van der Waals surface area contributed by atoms with Crippen LogP contribution in [0.4, 0.5) is 4.39 Å². The fraction of sp³-hybridized carbons (Fsp3) is 0.227. The van der Waals surface area contributed by atoms with Crippen molar-refractivity contribution in [1.82, 2.24) is 15.6 Å². The molecule has 1 aromatic heterocycles. The van der Waals surface area contributed by atoms with Crippen molar-refractivity contribution in [2.45, 2.75) is 19.3 Å². The lowest BCUT2D eigenvalue weighted by atomic mass is 10.2. The molecule has 0 saturated carbocycles. The maximum Gasteiger partial charge on any atom is 0.251 e. The van der Waals surface area contributed by atoms with Gasteiger partial charge in [-0.1, -0.05) is 18.2 Å². The van der Waals surface area contributed by atoms with E-state index in [1.807, 2.05) is 0 Å². The predicted octanol–water partition coefficient (Wildman–Crippen LogP) is 3.06. The molecule has 0 bridgehead atoms. The van der Waals surface area contributed by atoms with Crippen LogP contribution in [-0.2, 0) is 11.2 Å². The van der Waals surface area contributed by atoms with E-state index in [1.165, 1.54) is 24.4 Å². The van der Waals surface area contributed by atoms with Crippen LogP contribution < -0.4 is 10.6 Å². The van der Waals surface area contributed by atoms with Crippen LogP contribution in [0.5, 0.6) is 5.75 Å². The zero-order valence-electron chi connectivity index (χ0n) is 16.2. The molecule has 0 radical (unpaired) electrons. The highest BCUT2D eigenvalue weighted by Gasteiger charge is 2.12. The number of amides is 2. The lowest BCUT2D eigenvalue weighted by molar-refractivity contribution is -0.121. The molecular weight excluding hydrogens is 389 g/mol. The van der Waals surface area contributed by atoms with Gasteiger partial charge in [-0.05, 0) is 36.8 Å². The molecule has 0 unspecified atom stereocenters. The van der Waals surface area contributed by atoms with Gasteiger partial charge in [0.25, 0.3) is 5.91 Å². The van der Waals surface area contributed by atoms with Gasteiger partial charge in [0, 0.05) is 31.5 Å². The monoisotopic (exact) mass is 411 g/mol. The quantitative estimate of drug-likeness (QED) is 0.470. The first kappa shape index (κ1) is 21.0. The van der Waals surface area contributed by atoms with Crippen molar-refractivity contribution in [3.8, 4) is 17.1 Å². The molecule has 0 atom stereocenters. The van der Waals surface area contributed by atoms with Crippen LogP contribution in [0, 0.1) is 5.82 Å². The Hall–Kier alpha value is -3.68. The summed E-state index contributed by atoms with van der Waals surface area (Å²) in [5.74, 6) is -0.129. The summed E-state index contributed by atoms with van der Waals surface area (Å²) in [6.07, 6.45) is 2.49. The van der Waals surface area contributed by atoms with Crippen molar-refractivity contribution in [3.05, 3.63) is 72.0 Å². The fourth-order valence-corrected chi connectivity index (χ4v) is 2.79. The van der Waals surface area contributed by atoms with Gasteiger partial charge in [-0.25, -0.2) is 9.37 Å². The minimum Gasteiger partial charge on any atom is -0.508 e. The first-order valence-electron chi connectivity index (χ1n) is 9.56. The zero-order chi connectivity index (χ0) is 21.3. The average Bonchev–Trinajstić information content (AvgIpc) is 3.21. The topological polar surface area (TPSA) is 104 Å². The van der Waals surface area contributed by atoms with Crippen molar-refractivity contribution in [2.75, 3.05) is 13.1 Å². The number of aromatic hydroxyl groups is 1. The molecule has 0 aliphatic heterocycles. The molecule has 30 heavy (non-hydrogen) atoms. The lowest BCUT2D eigenvalue weighted by Gasteiger charge is -2.07. The minimum atomic E-state index is -0.394. The molecule has 2 aromatic carbocycles. The average molecular weight is 411 g/mol. The fourth-order valence-electron chi connectivity index (χ4n) is 2.79. The Labute approximate surface area is 172 Å². The van der Waals surface area contributed by atoms with Gasteiger partial charge >= 0.3 is 0 Å². The Kier molecular flexibility index (Phi) is 7.15. The van der Waals surface area contributed by atoms with Crippen LogP contribution in [0.15, 0.2) is 59.1 Å². The third-order valence-corrected chi connectivity index (χ3v) is 4.33. The highest BCUT2D eigenvalue weighted by molar-refractivity contribution is 5.94. The summed E-state index contributed by atoms with van der Waals surface area (Å²) in [6.45, 7) is 0.797. The number of carbonyl (C=O) groups is 2. The van der Waals surface area contributed by atoms with E-state index in [2.05, 4.69) is 15.6 Å². The van der Waals surface area contributed by atoms with Crippen LogP contribution in [0.3, 0.4) is 0 Å². The first-order chi connectivity index (χ1) is 14.5. The summed E-state index contributed by atoms with van der Waals surface area (Å²) >= 11 is 0. The highest BCUT2D eigenvalue weighted by atomic mass is 19.1. The molecule has 3 N–H and O–H groups in total. The second-order valence-corrected chi connectivity index (χ2v) is 6.61. The first-order valence-corrected chi connectivity index (χ1v) is 9.56. The largest absolute Gasteiger partial charge is 0.508 e. The summed E-state index contributed by atoms with van der Waals surface area (Å²) in [5, 5.41) is 14.9. The van der Waals surface area contributed by atoms with Gasteiger partial charge in [-0.15, -0.1) is 0 Å². The number of oxazole rings is 1. The number of hydrogen-bond donors (Lipinski definition) is 3. The molecule has 7 nitrogen and oxygen atoms in total. The highest BCUT2D eigenvalue weighted by Crippen LogP contribution is 2.23. The molecular formula is C22H22FN3O4. The standard InChI is InChI=1S/C22H22FN3O4/c23-18-8-2-1-7-17(18)19-14-26-21(30-19)10-9-20(28)24-11-4-12-25-22(29)15-5-3-6-16(27)13-15/h1-3,5-8,13-14,27H,4,9-12H2,(H,24,28)(H,25,29). The molecule has 0 spiro atoms. The number of nitrogens with one attached hydrogen (secondary N) is 2. The number of phenols is 1. The lowest BCUT2D eigenvalue weighted by Crippen LogP contribution is -2.30. The van der Waals surface area contributed by atoms with E-state index < -0.39 is 5.82 Å². The van der Waals surface area contributed by atoms with E-state index in [4.69, 9.17) is 4.42 Å². The number of nitrogens with zero attached hydrogens (tertiary/aromatic N) is 1. The van der Waals surface area contributed by atoms with Gasteiger partial charge < -0.3 is 20.2 Å². The number of rotatable bonds is 9. The summed E-state index contributed by atoms with van der Waals surface area (Å²) < 4.78 is 19.3. The number of aromatic nitrogens is 1. The molecule has 2 amide bonds. The van der Waals surface area contributed by atoms with Gasteiger partial charge in [-0.2, -0.15) is 0 Å². The van der Waals surface area contributed by atoms with Crippen LogP contribution in [0.25, 0.3) is 11.3 Å². The summed E-state index contributed by atoms with van der Waals surface area (Å²) in [5.41, 5.74) is 0.702. The Morgan fingerprint density at radius 2 is 1.87 bits per heavy atom. The van der Waals surface area contributed by atoms with E-state index >= 15 is 0 Å². The molecule has 0 fully saturated rings. The Balaban J connectivity index is 1.34. The zero-order valence-corrected chi connectivity index (χ0v) is 16.2. The second-order valence-electron chi connectivity index (χ2n) is 6.61. The summed E-state index contributed by atoms with van der Waals surface area (Å²) in [4.78, 5) is 28.0. The van der Waals surface area contributed by atoms with Crippen LogP contribution in [0.2, 0.25) is 0 Å². The molecule has 1 heterocycles. The van der Waals surface area contributed by atoms with Gasteiger partial charge in [0.2, 0.25) is 5.91 Å². The number of halogens is 1. The molecule has 0 saturated heterocycles. The van der Waals surface area contributed by atoms with Gasteiger partial charge in [0.1, 0.15) is 11.6 Å². The number of benzene rings is 2. The third kappa shape index (κ3) is 5.91. The molecule has 0 aliphatic carbocycles. The van der Waals surface area contributed by atoms with Gasteiger partial charge in [-0.3, -0.25) is 9.59 Å². The third-order valence-electron chi connectivity index (χ3n) is 4.33. The Morgan fingerprint density at radius 1 is 1.07 bits per heavy atom. The van der Waals surface area contributed by atoms with E-state index in [1.54, 1.807) is 30.3 Å². The van der Waals surface area contributed by atoms with Crippen molar-refractivity contribution in [2.24, 2.45) is 0 Å².